The van der Waals surface area contributed by atoms with Crippen LogP contribution in [0.5, 0.6) is 5.75 Å². The van der Waals surface area contributed by atoms with Crippen LogP contribution in [0.4, 0.5) is 14.5 Å². The number of Topliss-reactive ketones (excluding diaryl/α,β-unsaturated/α-hetero) is 1. The first-order valence-electron chi connectivity index (χ1n) is 12.1. The quantitative estimate of drug-likeness (QED) is 0.205. The molecule has 2 saturated heterocycles. The Morgan fingerprint density at radius 1 is 0.925 bits per heavy atom. The normalized spacial score (nSPS) is 21.7. The minimum Gasteiger partial charge on any atom is -0.480 e. The molecule has 0 radical (unpaired) electrons. The van der Waals surface area contributed by atoms with Gasteiger partial charge in [0.25, 0.3) is 5.91 Å². The number of anilines is 1. The highest BCUT2D eigenvalue weighted by Gasteiger charge is 2.49. The Bertz CT molecular complexity index is 1430. The van der Waals surface area contributed by atoms with Gasteiger partial charge in [-0.2, -0.15) is 0 Å². The van der Waals surface area contributed by atoms with E-state index in [-0.39, 0.29) is 24.2 Å². The summed E-state index contributed by atoms with van der Waals surface area (Å²) in [5.74, 6) is -2.75. The van der Waals surface area contributed by atoms with Crippen molar-refractivity contribution < 1.29 is 42.5 Å². The van der Waals surface area contributed by atoms with E-state index in [2.05, 4.69) is 5.32 Å². The van der Waals surface area contributed by atoms with Crippen LogP contribution in [0.1, 0.15) is 22.0 Å². The highest BCUT2D eigenvalue weighted by molar-refractivity contribution is 8.01. The Hall–Kier alpha value is -4.29. The number of benzene rings is 3. The summed E-state index contributed by atoms with van der Waals surface area (Å²) in [6, 6.07) is 15.8. The summed E-state index contributed by atoms with van der Waals surface area (Å²) in [5.41, 5.74) is 1.57. The maximum Gasteiger partial charge on any atom is 0.329 e. The lowest BCUT2D eigenvalue weighted by molar-refractivity contribution is -0.168. The number of nitrogens with zero attached hydrogens (tertiary/aromatic N) is 1. The van der Waals surface area contributed by atoms with E-state index < -0.39 is 46.9 Å². The molecule has 0 unspecified atom stereocenters. The van der Waals surface area contributed by atoms with Gasteiger partial charge >= 0.3 is 5.97 Å². The van der Waals surface area contributed by atoms with Crippen LogP contribution in [0.15, 0.2) is 72.8 Å². The van der Waals surface area contributed by atoms with E-state index in [1.807, 2.05) is 0 Å². The lowest BCUT2D eigenvalue weighted by Gasteiger charge is -2.47. The van der Waals surface area contributed by atoms with Gasteiger partial charge in [0.2, 0.25) is 5.91 Å². The number of carboxylic acids is 1. The molecule has 2 heterocycles. The van der Waals surface area contributed by atoms with E-state index >= 15 is 0 Å². The van der Waals surface area contributed by atoms with Gasteiger partial charge in [0.05, 0.1) is 11.8 Å². The molecular weight excluding hydrogens is 546 g/mol. The molecule has 2 fully saturated rings. The molecule has 0 saturated carbocycles. The van der Waals surface area contributed by atoms with E-state index in [1.54, 1.807) is 24.3 Å². The number of carbonyl (C=O) groups is 4. The molecule has 2 amide bonds. The molecule has 0 spiro atoms. The van der Waals surface area contributed by atoms with Gasteiger partial charge in [-0.15, -0.1) is 11.8 Å². The second kappa shape index (κ2) is 11.4. The monoisotopic (exact) mass is 568 g/mol. The fourth-order valence-corrected chi connectivity index (χ4v) is 5.60. The van der Waals surface area contributed by atoms with Gasteiger partial charge < -0.3 is 24.8 Å². The summed E-state index contributed by atoms with van der Waals surface area (Å²) >= 11 is 1.17. The minimum atomic E-state index is -1.21. The Morgan fingerprint density at radius 3 is 2.15 bits per heavy atom. The molecule has 4 atom stereocenters. The first-order chi connectivity index (χ1) is 19.2. The smallest absolute Gasteiger partial charge is 0.329 e. The molecule has 0 bridgehead atoms. The van der Waals surface area contributed by atoms with Gasteiger partial charge in [-0.05, 0) is 66.2 Å². The van der Waals surface area contributed by atoms with E-state index in [0.717, 1.165) is 5.56 Å². The number of hydrogen-bond donors (Lipinski definition) is 2. The Balaban J connectivity index is 1.27. The highest BCUT2D eigenvalue weighted by Crippen LogP contribution is 2.45. The number of aliphatic carboxylic acids is 1. The number of hydrogen-bond acceptors (Lipinski definition) is 7. The van der Waals surface area contributed by atoms with Crippen molar-refractivity contribution in [1.82, 2.24) is 5.32 Å². The van der Waals surface area contributed by atoms with E-state index in [1.165, 1.54) is 65.2 Å². The van der Waals surface area contributed by atoms with Crippen molar-refractivity contribution in [2.75, 3.05) is 17.4 Å². The Labute approximate surface area is 231 Å². The summed E-state index contributed by atoms with van der Waals surface area (Å²) in [7, 11) is 0. The van der Waals surface area contributed by atoms with Crippen molar-refractivity contribution in [3.63, 3.8) is 0 Å². The van der Waals surface area contributed by atoms with Crippen LogP contribution in [0.25, 0.3) is 0 Å². The lowest BCUT2D eigenvalue weighted by Crippen LogP contribution is -2.66. The maximum absolute atomic E-state index is 13.5. The van der Waals surface area contributed by atoms with Crippen molar-refractivity contribution in [3.8, 4) is 5.75 Å². The van der Waals surface area contributed by atoms with Gasteiger partial charge in [0.15, 0.2) is 24.7 Å². The second-order valence-corrected chi connectivity index (χ2v) is 10.2. The molecule has 9 nitrogen and oxygen atoms in total. The van der Waals surface area contributed by atoms with Gasteiger partial charge in [-0.25, -0.2) is 13.6 Å². The highest BCUT2D eigenvalue weighted by atomic mass is 32.2. The third-order valence-electron chi connectivity index (χ3n) is 6.53. The number of nitrogens with one attached hydrogen (secondary N) is 1. The van der Waals surface area contributed by atoms with E-state index in [9.17, 15) is 28.0 Å². The molecular formula is C28H22F2N2O7S. The summed E-state index contributed by atoms with van der Waals surface area (Å²) in [5, 5.41) is 10.6. The van der Waals surface area contributed by atoms with Crippen molar-refractivity contribution >= 4 is 41.0 Å². The van der Waals surface area contributed by atoms with Crippen molar-refractivity contribution in [2.45, 2.75) is 23.4 Å². The topological polar surface area (TPSA) is 122 Å². The largest absolute Gasteiger partial charge is 0.480 e. The molecule has 2 aliphatic heterocycles. The van der Waals surface area contributed by atoms with Crippen molar-refractivity contribution in [2.24, 2.45) is 0 Å². The minimum absolute atomic E-state index is 0.000408. The number of carbonyl (C=O) groups excluding carboxylic acids is 3. The fourth-order valence-electron chi connectivity index (χ4n) is 4.39. The summed E-state index contributed by atoms with van der Waals surface area (Å²) in [6.07, 6.45) is -1.14. The number of ether oxygens (including phenoxy) is 2. The van der Waals surface area contributed by atoms with Crippen LogP contribution < -0.4 is 15.0 Å². The van der Waals surface area contributed by atoms with Gasteiger partial charge in [-0.1, -0.05) is 12.1 Å². The van der Waals surface area contributed by atoms with Crippen molar-refractivity contribution in [3.05, 3.63) is 95.6 Å². The molecule has 5 rings (SSSR count). The number of rotatable bonds is 11. The van der Waals surface area contributed by atoms with Crippen LogP contribution in [0.3, 0.4) is 0 Å². The standard InChI is InChI=1S/C28H22F2N2O7S/c29-17-5-1-15(2-6-17)21(33)13-40-25-23(32(27(25)35)19-9-7-18(30)8-10-19)16-3-11-20(12-4-16)38-14-39-24-22(28(36)37)31-26(24)34/h1-12,22-25H,13-14H2,(H,31,34)(H,36,37)/t22-,23-,24-,25-/m1/s1. The molecule has 40 heavy (non-hydrogen) atoms. The van der Waals surface area contributed by atoms with Gasteiger partial charge in [-0.3, -0.25) is 14.4 Å². The molecule has 0 aromatic heterocycles. The second-order valence-electron chi connectivity index (χ2n) is 9.03. The van der Waals surface area contributed by atoms with E-state index in [0.29, 0.717) is 17.0 Å². The molecule has 0 aliphatic carbocycles. The molecule has 3 aromatic rings. The lowest BCUT2D eigenvalue weighted by atomic mass is 9.92. The average Bonchev–Trinajstić information content (AvgIpc) is 2.94. The van der Waals surface area contributed by atoms with Crippen molar-refractivity contribution in [1.29, 1.82) is 0 Å². The third-order valence-corrected chi connectivity index (χ3v) is 7.78. The summed E-state index contributed by atoms with van der Waals surface area (Å²) < 4.78 is 37.5. The van der Waals surface area contributed by atoms with Crippen LogP contribution in [0.2, 0.25) is 0 Å². The average molecular weight is 569 g/mol. The van der Waals surface area contributed by atoms with Crippen LogP contribution >= 0.6 is 11.8 Å². The molecule has 12 heteroatoms. The zero-order valence-corrected chi connectivity index (χ0v) is 21.5. The number of ketones is 1. The SMILES string of the molecule is O=C(CS[C@H]1C(=O)N(c2ccc(F)cc2)[C@@H]1c1ccc(OCO[C@H]2C(=O)N[C@H]2C(=O)O)cc1)c1ccc(F)cc1. The number of halogens is 2. The zero-order chi connectivity index (χ0) is 28.4. The fraction of sp³-hybridized carbons (Fsp3) is 0.214. The maximum atomic E-state index is 13.5. The number of amides is 2. The molecule has 3 aromatic carbocycles. The zero-order valence-electron chi connectivity index (χ0n) is 20.7. The Morgan fingerprint density at radius 2 is 1.55 bits per heavy atom. The number of β-lactam (4-membered cyclic amide) rings is 2. The number of thioether (sulfide) groups is 1. The van der Waals surface area contributed by atoms with Gasteiger partial charge in [0, 0.05) is 11.3 Å². The number of carboxylic acid groups (broad SMARTS) is 1. The summed E-state index contributed by atoms with van der Waals surface area (Å²) in [4.78, 5) is 49.9. The van der Waals surface area contributed by atoms with E-state index in [4.69, 9.17) is 14.6 Å². The first kappa shape index (κ1) is 27.3. The first-order valence-corrected chi connectivity index (χ1v) is 13.1. The third kappa shape index (κ3) is 5.54. The van der Waals surface area contributed by atoms with Crippen LogP contribution in [-0.4, -0.2) is 58.6 Å². The van der Waals surface area contributed by atoms with Crippen LogP contribution in [-0.2, 0) is 19.1 Å². The van der Waals surface area contributed by atoms with Crippen LogP contribution in [0, 0.1) is 11.6 Å². The molecule has 2 N–H and O–H groups in total. The summed E-state index contributed by atoms with van der Waals surface area (Å²) in [6.45, 7) is -0.352. The molecule has 206 valence electrons. The Kier molecular flexibility index (Phi) is 7.81. The van der Waals surface area contributed by atoms with Gasteiger partial charge in [0.1, 0.15) is 22.6 Å². The molecule has 2 aliphatic rings. The predicted octanol–water partition coefficient (Wildman–Crippen LogP) is 3.34. The predicted molar refractivity (Wildman–Crippen MR) is 140 cm³/mol.